The van der Waals surface area contributed by atoms with E-state index in [1.54, 1.807) is 6.07 Å². The predicted octanol–water partition coefficient (Wildman–Crippen LogP) is 3.16. The Balaban J connectivity index is 2.04. The van der Waals surface area contributed by atoms with Crippen molar-refractivity contribution in [1.82, 2.24) is 10.2 Å². The molecule has 1 unspecified atom stereocenters. The number of hydrogen-bond donors (Lipinski definition) is 1. The lowest BCUT2D eigenvalue weighted by atomic mass is 10.1. The van der Waals surface area contributed by atoms with Crippen LogP contribution in [-0.2, 0) is 6.42 Å². The van der Waals surface area contributed by atoms with Crippen molar-refractivity contribution in [1.29, 1.82) is 0 Å². The molecule has 1 aromatic heterocycles. The van der Waals surface area contributed by atoms with Crippen LogP contribution in [0.25, 0.3) is 0 Å². The molecule has 1 heterocycles. The number of aromatic nitrogens is 2. The Morgan fingerprint density at radius 1 is 1.44 bits per heavy atom. The number of nitrogens with one attached hydrogen (secondary N) is 1. The summed E-state index contributed by atoms with van der Waals surface area (Å²) < 4.78 is 18.4. The first-order chi connectivity index (χ1) is 8.69. The van der Waals surface area contributed by atoms with Crippen LogP contribution in [0.5, 0.6) is 0 Å². The van der Waals surface area contributed by atoms with E-state index in [1.807, 2.05) is 13.0 Å². The van der Waals surface area contributed by atoms with Gasteiger partial charge in [0.2, 0.25) is 5.89 Å². The fourth-order valence-corrected chi connectivity index (χ4v) is 1.70. The molecule has 0 amide bonds. The zero-order chi connectivity index (χ0) is 13.0. The first kappa shape index (κ1) is 12.8. The average Bonchev–Trinajstić information content (AvgIpc) is 2.77. The van der Waals surface area contributed by atoms with Gasteiger partial charge in [0.05, 0.1) is 6.04 Å². The Hall–Kier alpha value is -1.62. The van der Waals surface area contributed by atoms with E-state index in [-0.39, 0.29) is 11.9 Å². The zero-order valence-electron chi connectivity index (χ0n) is 9.86. The number of anilines is 1. The summed E-state index contributed by atoms with van der Waals surface area (Å²) in [6.45, 7) is 1.89. The summed E-state index contributed by atoms with van der Waals surface area (Å²) in [6.07, 6.45) is 0.532. The van der Waals surface area contributed by atoms with E-state index in [0.29, 0.717) is 24.2 Å². The molecule has 2 rings (SSSR count). The Bertz CT molecular complexity index is 518. The molecular formula is C12H13ClFN3O. The van der Waals surface area contributed by atoms with Crippen molar-refractivity contribution in [3.05, 3.63) is 41.5 Å². The van der Waals surface area contributed by atoms with Crippen LogP contribution < -0.4 is 5.32 Å². The van der Waals surface area contributed by atoms with Gasteiger partial charge in [-0.1, -0.05) is 17.2 Å². The van der Waals surface area contributed by atoms with Crippen LogP contribution >= 0.6 is 11.6 Å². The molecule has 4 nitrogen and oxygen atoms in total. The number of benzene rings is 1. The molecule has 18 heavy (non-hydrogen) atoms. The van der Waals surface area contributed by atoms with Crippen molar-refractivity contribution >= 4 is 17.6 Å². The smallest absolute Gasteiger partial charge is 0.315 e. The first-order valence-corrected chi connectivity index (χ1v) is 6.13. The highest BCUT2D eigenvalue weighted by molar-refractivity contribution is 6.17. The molecule has 0 saturated heterocycles. The third kappa shape index (κ3) is 3.20. The molecule has 0 radical (unpaired) electrons. The molecule has 0 saturated carbocycles. The number of aryl methyl sites for hydroxylation is 1. The van der Waals surface area contributed by atoms with Crippen LogP contribution in [0.2, 0.25) is 0 Å². The number of hydrogen-bond acceptors (Lipinski definition) is 4. The third-order valence-electron chi connectivity index (χ3n) is 2.46. The minimum atomic E-state index is -0.269. The minimum absolute atomic E-state index is 0.120. The lowest BCUT2D eigenvalue weighted by molar-refractivity contribution is 0.507. The highest BCUT2D eigenvalue weighted by atomic mass is 35.5. The summed E-state index contributed by atoms with van der Waals surface area (Å²) >= 11 is 5.57. The molecule has 0 fully saturated rings. The van der Waals surface area contributed by atoms with Crippen LogP contribution in [-0.4, -0.2) is 16.1 Å². The number of rotatable bonds is 5. The van der Waals surface area contributed by atoms with Crippen molar-refractivity contribution in [3.8, 4) is 0 Å². The zero-order valence-corrected chi connectivity index (χ0v) is 10.6. The van der Waals surface area contributed by atoms with Crippen LogP contribution in [0.3, 0.4) is 0 Å². The summed E-state index contributed by atoms with van der Waals surface area (Å²) in [4.78, 5) is 0. The Morgan fingerprint density at radius 3 is 3.00 bits per heavy atom. The second-order valence-electron chi connectivity index (χ2n) is 3.86. The van der Waals surface area contributed by atoms with Gasteiger partial charge in [0.15, 0.2) is 0 Å². The van der Waals surface area contributed by atoms with Crippen LogP contribution in [0.1, 0.15) is 24.4 Å². The topological polar surface area (TPSA) is 51.0 Å². The minimum Gasteiger partial charge on any atom is -0.408 e. The molecule has 6 heteroatoms. The highest BCUT2D eigenvalue weighted by Crippen LogP contribution is 2.19. The van der Waals surface area contributed by atoms with Gasteiger partial charge in [-0.15, -0.1) is 16.7 Å². The van der Waals surface area contributed by atoms with Gasteiger partial charge in [0.25, 0.3) is 0 Å². The van der Waals surface area contributed by atoms with E-state index in [0.717, 1.165) is 5.56 Å². The lowest BCUT2D eigenvalue weighted by Crippen LogP contribution is -2.07. The molecule has 0 aliphatic carbocycles. The van der Waals surface area contributed by atoms with Crippen molar-refractivity contribution in [2.45, 2.75) is 19.4 Å². The van der Waals surface area contributed by atoms with Crippen molar-refractivity contribution in [3.63, 3.8) is 0 Å². The third-order valence-corrected chi connectivity index (χ3v) is 2.65. The van der Waals surface area contributed by atoms with E-state index < -0.39 is 0 Å². The summed E-state index contributed by atoms with van der Waals surface area (Å²) in [5, 5.41) is 10.7. The molecule has 1 atom stereocenters. The van der Waals surface area contributed by atoms with Gasteiger partial charge < -0.3 is 9.73 Å². The van der Waals surface area contributed by atoms with E-state index >= 15 is 0 Å². The largest absolute Gasteiger partial charge is 0.408 e. The van der Waals surface area contributed by atoms with E-state index in [4.69, 9.17) is 16.0 Å². The van der Waals surface area contributed by atoms with E-state index in [2.05, 4.69) is 15.5 Å². The summed E-state index contributed by atoms with van der Waals surface area (Å²) in [6, 6.07) is 6.55. The summed E-state index contributed by atoms with van der Waals surface area (Å²) in [5.41, 5.74) is 0.812. The quantitative estimate of drug-likeness (QED) is 0.847. The maximum atomic E-state index is 13.1. The predicted molar refractivity (Wildman–Crippen MR) is 67.2 cm³/mol. The summed E-state index contributed by atoms with van der Waals surface area (Å²) in [5.74, 6) is 0.648. The molecule has 0 spiro atoms. The molecular weight excluding hydrogens is 257 g/mol. The first-order valence-electron chi connectivity index (χ1n) is 5.59. The fourth-order valence-electron chi connectivity index (χ4n) is 1.54. The lowest BCUT2D eigenvalue weighted by Gasteiger charge is -2.11. The summed E-state index contributed by atoms with van der Waals surface area (Å²) in [7, 11) is 0. The van der Waals surface area contributed by atoms with Gasteiger partial charge in [-0.3, -0.25) is 0 Å². The van der Waals surface area contributed by atoms with Gasteiger partial charge in [0, 0.05) is 12.3 Å². The fraction of sp³-hybridized carbons (Fsp3) is 0.333. The standard InChI is InChI=1S/C12H13ClFN3O/c1-8(9-3-2-4-10(14)7-9)15-12-17-16-11(18-12)5-6-13/h2-4,7-8H,5-6H2,1H3,(H,15,17). The van der Waals surface area contributed by atoms with Gasteiger partial charge in [-0.25, -0.2) is 4.39 Å². The molecule has 2 aromatic rings. The van der Waals surface area contributed by atoms with Gasteiger partial charge in [0.1, 0.15) is 5.82 Å². The van der Waals surface area contributed by atoms with Crippen LogP contribution in [0.4, 0.5) is 10.4 Å². The van der Waals surface area contributed by atoms with Gasteiger partial charge in [-0.05, 0) is 24.6 Å². The Kier molecular flexibility index (Phi) is 4.15. The van der Waals surface area contributed by atoms with E-state index in [9.17, 15) is 4.39 Å². The van der Waals surface area contributed by atoms with Crippen LogP contribution in [0, 0.1) is 5.82 Å². The molecule has 1 N–H and O–H groups in total. The molecule has 0 bridgehead atoms. The SMILES string of the molecule is CC(Nc1nnc(CCCl)o1)c1cccc(F)c1. The number of halogens is 2. The Morgan fingerprint density at radius 2 is 2.28 bits per heavy atom. The second-order valence-corrected chi connectivity index (χ2v) is 4.24. The number of alkyl halides is 1. The average molecular weight is 270 g/mol. The van der Waals surface area contributed by atoms with Crippen LogP contribution in [0.15, 0.2) is 28.7 Å². The molecule has 96 valence electrons. The maximum absolute atomic E-state index is 13.1. The van der Waals surface area contributed by atoms with Crippen molar-refractivity contribution in [2.75, 3.05) is 11.2 Å². The van der Waals surface area contributed by atoms with Gasteiger partial charge >= 0.3 is 6.01 Å². The molecule has 0 aliphatic rings. The molecule has 1 aromatic carbocycles. The monoisotopic (exact) mass is 269 g/mol. The second kappa shape index (κ2) is 5.82. The maximum Gasteiger partial charge on any atom is 0.315 e. The number of nitrogens with zero attached hydrogens (tertiary/aromatic N) is 2. The molecule has 0 aliphatic heterocycles. The highest BCUT2D eigenvalue weighted by Gasteiger charge is 2.11. The van der Waals surface area contributed by atoms with E-state index in [1.165, 1.54) is 12.1 Å². The van der Waals surface area contributed by atoms with Crippen molar-refractivity contribution in [2.24, 2.45) is 0 Å². The van der Waals surface area contributed by atoms with Crippen molar-refractivity contribution < 1.29 is 8.81 Å². The van der Waals surface area contributed by atoms with Gasteiger partial charge in [-0.2, -0.15) is 0 Å². The Labute approximate surface area is 109 Å². The normalized spacial score (nSPS) is 12.4.